The first-order chi connectivity index (χ1) is 13.6. The number of halogens is 2. The van der Waals surface area contributed by atoms with Gasteiger partial charge in [-0.2, -0.15) is 0 Å². The molecular weight excluding hydrogens is 364 g/mol. The van der Waals surface area contributed by atoms with Crippen molar-refractivity contribution in [1.82, 2.24) is 15.5 Å². The molecule has 1 aromatic rings. The van der Waals surface area contributed by atoms with Gasteiger partial charge in [0.15, 0.2) is 5.96 Å². The molecule has 2 heterocycles. The molecule has 0 radical (unpaired) electrons. The summed E-state index contributed by atoms with van der Waals surface area (Å²) in [5.41, 5.74) is 0.452. The summed E-state index contributed by atoms with van der Waals surface area (Å²) < 4.78 is 32.4. The molecule has 1 aromatic carbocycles. The van der Waals surface area contributed by atoms with Gasteiger partial charge in [0.05, 0.1) is 12.3 Å². The first kappa shape index (κ1) is 20.8. The lowest BCUT2D eigenvalue weighted by molar-refractivity contribution is 0.141. The second kappa shape index (κ2) is 10.0. The summed E-state index contributed by atoms with van der Waals surface area (Å²) in [5, 5.41) is 6.87. The average Bonchev–Trinajstić information content (AvgIpc) is 3.32. The molecule has 0 bridgehead atoms. The molecule has 0 saturated carbocycles. The summed E-state index contributed by atoms with van der Waals surface area (Å²) in [6.07, 6.45) is 3.26. The Balaban J connectivity index is 1.47. The quantitative estimate of drug-likeness (QED) is 0.545. The average molecular weight is 395 g/mol. The van der Waals surface area contributed by atoms with Crippen molar-refractivity contribution in [2.75, 3.05) is 58.4 Å². The van der Waals surface area contributed by atoms with Gasteiger partial charge in [0, 0.05) is 58.5 Å². The molecular formula is C20H31F2N5O. The van der Waals surface area contributed by atoms with Crippen molar-refractivity contribution >= 4 is 11.6 Å². The van der Waals surface area contributed by atoms with Gasteiger partial charge in [0.1, 0.15) is 11.6 Å². The molecule has 2 saturated heterocycles. The number of anilines is 1. The lowest BCUT2D eigenvalue weighted by Crippen LogP contribution is -2.48. The van der Waals surface area contributed by atoms with E-state index in [0.29, 0.717) is 18.3 Å². The number of nitrogens with one attached hydrogen (secondary N) is 2. The lowest BCUT2D eigenvalue weighted by atomic mass is 10.2. The second-order valence-corrected chi connectivity index (χ2v) is 7.45. The van der Waals surface area contributed by atoms with Crippen molar-refractivity contribution in [2.24, 2.45) is 4.99 Å². The van der Waals surface area contributed by atoms with E-state index in [0.717, 1.165) is 51.2 Å². The fraction of sp³-hybridized carbons (Fsp3) is 0.650. The molecule has 2 atom stereocenters. The zero-order chi connectivity index (χ0) is 19.9. The molecule has 8 heteroatoms. The smallest absolute Gasteiger partial charge is 0.191 e. The van der Waals surface area contributed by atoms with Crippen LogP contribution in [0.2, 0.25) is 0 Å². The van der Waals surface area contributed by atoms with E-state index in [2.05, 4.69) is 20.5 Å². The van der Waals surface area contributed by atoms with Gasteiger partial charge in [-0.3, -0.25) is 9.89 Å². The standard InChI is InChI=1S/C20H31F2N5O/c1-23-20(24-13-17-4-3-8-26(17)10-11-28-2)25-16-7-9-27(14-16)19-6-5-15(21)12-18(19)22/h5-6,12,16-17H,3-4,7-11,13-14H2,1-2H3,(H2,23,24,25). The molecule has 3 rings (SSSR count). The van der Waals surface area contributed by atoms with Crippen LogP contribution >= 0.6 is 0 Å². The molecule has 2 fully saturated rings. The third-order valence-corrected chi connectivity index (χ3v) is 5.59. The van der Waals surface area contributed by atoms with Crippen LogP contribution in [-0.4, -0.2) is 76.4 Å². The summed E-state index contributed by atoms with van der Waals surface area (Å²) in [7, 11) is 3.50. The van der Waals surface area contributed by atoms with Crippen molar-refractivity contribution in [3.8, 4) is 0 Å². The van der Waals surface area contributed by atoms with E-state index >= 15 is 0 Å². The summed E-state index contributed by atoms with van der Waals surface area (Å²) in [6, 6.07) is 4.41. The van der Waals surface area contributed by atoms with Gasteiger partial charge >= 0.3 is 0 Å². The highest BCUT2D eigenvalue weighted by Crippen LogP contribution is 2.24. The van der Waals surface area contributed by atoms with E-state index in [1.165, 1.54) is 25.0 Å². The number of nitrogens with zero attached hydrogens (tertiary/aromatic N) is 3. The van der Waals surface area contributed by atoms with Crippen molar-refractivity contribution in [3.05, 3.63) is 29.8 Å². The third-order valence-electron chi connectivity index (χ3n) is 5.59. The molecule has 156 valence electrons. The maximum atomic E-state index is 14.0. The Morgan fingerprint density at radius 2 is 2.14 bits per heavy atom. The molecule has 0 aliphatic carbocycles. The number of likely N-dealkylation sites (tertiary alicyclic amines) is 1. The Bertz CT molecular complexity index is 672. The maximum absolute atomic E-state index is 14.0. The molecule has 2 unspecified atom stereocenters. The first-order valence-electron chi connectivity index (χ1n) is 10.0. The van der Waals surface area contributed by atoms with Crippen LogP contribution < -0.4 is 15.5 Å². The molecule has 2 N–H and O–H groups in total. The van der Waals surface area contributed by atoms with Gasteiger partial charge in [-0.15, -0.1) is 0 Å². The van der Waals surface area contributed by atoms with Crippen LogP contribution in [0.5, 0.6) is 0 Å². The maximum Gasteiger partial charge on any atom is 0.191 e. The zero-order valence-corrected chi connectivity index (χ0v) is 16.8. The van der Waals surface area contributed by atoms with Crippen molar-refractivity contribution in [3.63, 3.8) is 0 Å². The van der Waals surface area contributed by atoms with E-state index in [-0.39, 0.29) is 6.04 Å². The monoisotopic (exact) mass is 395 g/mol. The Morgan fingerprint density at radius 3 is 2.89 bits per heavy atom. The van der Waals surface area contributed by atoms with Crippen LogP contribution in [0.1, 0.15) is 19.3 Å². The van der Waals surface area contributed by atoms with Crippen LogP contribution in [0, 0.1) is 11.6 Å². The van der Waals surface area contributed by atoms with Crippen LogP contribution in [0.15, 0.2) is 23.2 Å². The Kier molecular flexibility index (Phi) is 7.44. The number of hydrogen-bond acceptors (Lipinski definition) is 4. The van der Waals surface area contributed by atoms with Gasteiger partial charge in [-0.05, 0) is 37.9 Å². The minimum atomic E-state index is -0.550. The highest BCUT2D eigenvalue weighted by molar-refractivity contribution is 5.80. The number of hydrogen-bond donors (Lipinski definition) is 2. The molecule has 6 nitrogen and oxygen atoms in total. The van der Waals surface area contributed by atoms with Crippen molar-refractivity contribution in [2.45, 2.75) is 31.3 Å². The van der Waals surface area contributed by atoms with Crippen molar-refractivity contribution in [1.29, 1.82) is 0 Å². The topological polar surface area (TPSA) is 52.1 Å². The van der Waals surface area contributed by atoms with Crippen molar-refractivity contribution < 1.29 is 13.5 Å². The minimum Gasteiger partial charge on any atom is -0.383 e. The van der Waals surface area contributed by atoms with Gasteiger partial charge in [-0.25, -0.2) is 8.78 Å². The molecule has 0 spiro atoms. The van der Waals surface area contributed by atoms with E-state index < -0.39 is 11.6 Å². The van der Waals surface area contributed by atoms with E-state index in [9.17, 15) is 8.78 Å². The van der Waals surface area contributed by atoms with E-state index in [1.807, 2.05) is 4.90 Å². The minimum absolute atomic E-state index is 0.170. The highest BCUT2D eigenvalue weighted by atomic mass is 19.1. The SMILES string of the molecule is CN=C(NCC1CCCN1CCOC)NC1CCN(c2ccc(F)cc2F)C1. The van der Waals surface area contributed by atoms with Gasteiger partial charge in [-0.1, -0.05) is 0 Å². The number of benzene rings is 1. The molecule has 28 heavy (non-hydrogen) atoms. The van der Waals surface area contributed by atoms with Crippen LogP contribution in [0.25, 0.3) is 0 Å². The third kappa shape index (κ3) is 5.32. The number of rotatable bonds is 7. The summed E-state index contributed by atoms with van der Waals surface area (Å²) in [4.78, 5) is 8.74. The normalized spacial score (nSPS) is 23.4. The molecule has 0 aromatic heterocycles. The number of aliphatic imine (C=N–C) groups is 1. The molecule has 0 amide bonds. The van der Waals surface area contributed by atoms with Crippen LogP contribution in [0.3, 0.4) is 0 Å². The first-order valence-corrected chi connectivity index (χ1v) is 10.0. The van der Waals surface area contributed by atoms with Gasteiger partial charge in [0.2, 0.25) is 0 Å². The van der Waals surface area contributed by atoms with E-state index in [4.69, 9.17) is 4.74 Å². The van der Waals surface area contributed by atoms with E-state index in [1.54, 1.807) is 14.2 Å². The number of methoxy groups -OCH3 is 1. The van der Waals surface area contributed by atoms with Gasteiger partial charge in [0.25, 0.3) is 0 Å². The summed E-state index contributed by atoms with van der Waals surface area (Å²) >= 11 is 0. The predicted octanol–water partition coefficient (Wildman–Crippen LogP) is 1.82. The van der Waals surface area contributed by atoms with Gasteiger partial charge < -0.3 is 20.3 Å². The van der Waals surface area contributed by atoms with Crippen LogP contribution in [-0.2, 0) is 4.74 Å². The number of ether oxygens (including phenoxy) is 1. The molecule has 2 aliphatic rings. The number of guanidine groups is 1. The van der Waals surface area contributed by atoms with Crippen LogP contribution in [0.4, 0.5) is 14.5 Å². The highest BCUT2D eigenvalue weighted by Gasteiger charge is 2.27. The Morgan fingerprint density at radius 1 is 1.29 bits per heavy atom. The zero-order valence-electron chi connectivity index (χ0n) is 16.8. The Hall–Kier alpha value is -1.93. The fourth-order valence-corrected chi connectivity index (χ4v) is 4.07. The second-order valence-electron chi connectivity index (χ2n) is 7.45. The summed E-state index contributed by atoms with van der Waals surface area (Å²) in [6.45, 7) is 5.04. The lowest BCUT2D eigenvalue weighted by Gasteiger charge is -2.26. The fourth-order valence-electron chi connectivity index (χ4n) is 4.07. The molecule has 2 aliphatic heterocycles. The largest absolute Gasteiger partial charge is 0.383 e. The summed E-state index contributed by atoms with van der Waals surface area (Å²) in [5.74, 6) is -0.295. The predicted molar refractivity (Wildman–Crippen MR) is 108 cm³/mol. The Labute approximate surface area is 165 Å².